The number of hydrogen-bond acceptors (Lipinski definition) is 3. The summed E-state index contributed by atoms with van der Waals surface area (Å²) in [6.45, 7) is 1.28. The molecule has 1 aromatic carbocycles. The summed E-state index contributed by atoms with van der Waals surface area (Å²) < 4.78 is 38.5. The van der Waals surface area contributed by atoms with Crippen molar-refractivity contribution in [1.82, 2.24) is 4.98 Å². The monoisotopic (exact) mass is 305 g/mol. The normalized spacial score (nSPS) is 10.9. The van der Waals surface area contributed by atoms with Crippen LogP contribution in [0.3, 0.4) is 0 Å². The number of hydrogen-bond donors (Lipinski definition) is 1. The van der Waals surface area contributed by atoms with Crippen LogP contribution in [0.25, 0.3) is 0 Å². The lowest BCUT2D eigenvalue weighted by Crippen LogP contribution is -2.16. The van der Waals surface area contributed by atoms with Gasteiger partial charge in [-0.05, 0) is 36.8 Å². The van der Waals surface area contributed by atoms with Crippen LogP contribution in [0.1, 0.15) is 27.2 Å². The van der Waals surface area contributed by atoms with Crippen LogP contribution in [-0.4, -0.2) is 10.9 Å². The Bertz CT molecular complexity index is 746. The van der Waals surface area contributed by atoms with Gasteiger partial charge in [-0.3, -0.25) is 4.79 Å². The van der Waals surface area contributed by atoms with Gasteiger partial charge in [0.1, 0.15) is 11.8 Å². The van der Waals surface area contributed by atoms with Crippen LogP contribution in [0.15, 0.2) is 36.5 Å². The van der Waals surface area contributed by atoms with E-state index in [-0.39, 0.29) is 22.5 Å². The van der Waals surface area contributed by atoms with E-state index >= 15 is 0 Å². The van der Waals surface area contributed by atoms with Crippen LogP contribution in [0, 0.1) is 18.3 Å². The van der Waals surface area contributed by atoms with Gasteiger partial charge in [0.15, 0.2) is 0 Å². The first-order valence-electron chi connectivity index (χ1n) is 6.17. The topological polar surface area (TPSA) is 65.8 Å². The molecular formula is C15H10F3N3O. The fourth-order valence-corrected chi connectivity index (χ4v) is 1.86. The van der Waals surface area contributed by atoms with E-state index in [1.54, 1.807) is 0 Å². The molecule has 1 N–H and O–H groups in total. The number of carbonyl (C=O) groups excluding carboxylic acids is 1. The Morgan fingerprint density at radius 3 is 2.55 bits per heavy atom. The second-order valence-electron chi connectivity index (χ2n) is 4.47. The van der Waals surface area contributed by atoms with Gasteiger partial charge in [0, 0.05) is 11.9 Å². The second kappa shape index (κ2) is 5.85. The third kappa shape index (κ3) is 3.23. The number of carbonyl (C=O) groups is 1. The van der Waals surface area contributed by atoms with Gasteiger partial charge < -0.3 is 5.32 Å². The number of rotatable bonds is 2. The number of benzene rings is 1. The van der Waals surface area contributed by atoms with Crippen molar-refractivity contribution in [2.24, 2.45) is 0 Å². The Morgan fingerprint density at radius 2 is 2.00 bits per heavy atom. The summed E-state index contributed by atoms with van der Waals surface area (Å²) in [7, 11) is 0. The molecular weight excluding hydrogens is 295 g/mol. The number of amides is 1. The second-order valence-corrected chi connectivity index (χ2v) is 4.47. The van der Waals surface area contributed by atoms with E-state index in [0.717, 1.165) is 6.07 Å². The van der Waals surface area contributed by atoms with E-state index in [9.17, 15) is 18.0 Å². The van der Waals surface area contributed by atoms with Crippen LogP contribution >= 0.6 is 0 Å². The predicted octanol–water partition coefficient (Wildman–Crippen LogP) is 3.53. The van der Waals surface area contributed by atoms with Gasteiger partial charge in [-0.1, -0.05) is 6.07 Å². The predicted molar refractivity (Wildman–Crippen MR) is 73.1 cm³/mol. The molecule has 2 rings (SSSR count). The zero-order valence-electron chi connectivity index (χ0n) is 11.4. The zero-order valence-corrected chi connectivity index (χ0v) is 11.4. The minimum Gasteiger partial charge on any atom is -0.320 e. The number of nitriles is 1. The Hall–Kier alpha value is -2.88. The highest BCUT2D eigenvalue weighted by Gasteiger charge is 2.33. The molecule has 0 unspecified atom stereocenters. The standard InChI is InChI=1S/C15H10F3N3O/c1-9-11(15(16,17)18)3-2-4-12(9)21-14(22)13-6-5-10(7-19)8-20-13/h2-6,8H,1H3,(H,21,22). The number of pyridine rings is 1. The van der Waals surface area contributed by atoms with E-state index in [1.807, 2.05) is 6.07 Å². The molecule has 22 heavy (non-hydrogen) atoms. The molecule has 1 aromatic heterocycles. The number of halogens is 3. The van der Waals surface area contributed by atoms with Crippen molar-refractivity contribution < 1.29 is 18.0 Å². The number of nitrogens with zero attached hydrogens (tertiary/aromatic N) is 2. The fourth-order valence-electron chi connectivity index (χ4n) is 1.86. The largest absolute Gasteiger partial charge is 0.416 e. The quantitative estimate of drug-likeness (QED) is 0.923. The Balaban J connectivity index is 2.27. The van der Waals surface area contributed by atoms with Gasteiger partial charge in [-0.25, -0.2) is 4.98 Å². The molecule has 7 heteroatoms. The highest BCUT2D eigenvalue weighted by molar-refractivity contribution is 6.03. The lowest BCUT2D eigenvalue weighted by Gasteiger charge is -2.14. The molecule has 0 saturated carbocycles. The average Bonchev–Trinajstić information content (AvgIpc) is 2.48. The summed E-state index contributed by atoms with van der Waals surface area (Å²) >= 11 is 0. The highest BCUT2D eigenvalue weighted by Crippen LogP contribution is 2.34. The molecule has 0 fully saturated rings. The SMILES string of the molecule is Cc1c(NC(=O)c2ccc(C#N)cn2)cccc1C(F)(F)F. The van der Waals surface area contributed by atoms with E-state index in [1.165, 1.54) is 37.4 Å². The Morgan fingerprint density at radius 1 is 1.27 bits per heavy atom. The number of aromatic nitrogens is 1. The van der Waals surface area contributed by atoms with Crippen molar-refractivity contribution in [3.05, 3.63) is 58.9 Å². The first-order chi connectivity index (χ1) is 10.3. The van der Waals surface area contributed by atoms with Crippen LogP contribution in [0.5, 0.6) is 0 Å². The van der Waals surface area contributed by atoms with Crippen LogP contribution in [0.2, 0.25) is 0 Å². The summed E-state index contributed by atoms with van der Waals surface area (Å²) in [5, 5.41) is 11.0. The van der Waals surface area contributed by atoms with Gasteiger partial charge in [-0.15, -0.1) is 0 Å². The third-order valence-corrected chi connectivity index (χ3v) is 3.01. The minimum atomic E-state index is -4.49. The summed E-state index contributed by atoms with van der Waals surface area (Å²) in [6.07, 6.45) is -3.27. The average molecular weight is 305 g/mol. The molecule has 0 aliphatic carbocycles. The van der Waals surface area contributed by atoms with E-state index in [0.29, 0.717) is 0 Å². The Kier molecular flexibility index (Phi) is 4.13. The van der Waals surface area contributed by atoms with Crippen molar-refractivity contribution in [1.29, 1.82) is 5.26 Å². The first kappa shape index (κ1) is 15.5. The first-order valence-corrected chi connectivity index (χ1v) is 6.17. The number of anilines is 1. The maximum absolute atomic E-state index is 12.8. The molecule has 0 bridgehead atoms. The van der Waals surface area contributed by atoms with Crippen LogP contribution in [-0.2, 0) is 6.18 Å². The molecule has 4 nitrogen and oxygen atoms in total. The number of alkyl halides is 3. The van der Waals surface area contributed by atoms with Crippen molar-refractivity contribution in [3.63, 3.8) is 0 Å². The van der Waals surface area contributed by atoms with Crippen molar-refractivity contribution in [3.8, 4) is 6.07 Å². The Labute approximate surface area is 124 Å². The molecule has 1 heterocycles. The molecule has 0 aliphatic heterocycles. The van der Waals surface area contributed by atoms with E-state index in [2.05, 4.69) is 10.3 Å². The summed E-state index contributed by atoms with van der Waals surface area (Å²) in [5.74, 6) is -0.646. The smallest absolute Gasteiger partial charge is 0.320 e. The fraction of sp³-hybridized carbons (Fsp3) is 0.133. The van der Waals surface area contributed by atoms with Gasteiger partial charge in [0.05, 0.1) is 11.1 Å². The van der Waals surface area contributed by atoms with Gasteiger partial charge >= 0.3 is 6.18 Å². The van der Waals surface area contributed by atoms with E-state index < -0.39 is 17.6 Å². The summed E-state index contributed by atoms with van der Waals surface area (Å²) in [4.78, 5) is 15.8. The molecule has 0 radical (unpaired) electrons. The lowest BCUT2D eigenvalue weighted by molar-refractivity contribution is -0.138. The van der Waals surface area contributed by atoms with Gasteiger partial charge in [0.2, 0.25) is 0 Å². The molecule has 0 spiro atoms. The molecule has 0 aliphatic rings. The molecule has 2 aromatic rings. The summed E-state index contributed by atoms with van der Waals surface area (Å²) in [6, 6.07) is 8.14. The zero-order chi connectivity index (χ0) is 16.3. The minimum absolute atomic E-state index is 0.0100. The van der Waals surface area contributed by atoms with E-state index in [4.69, 9.17) is 5.26 Å². The van der Waals surface area contributed by atoms with Crippen molar-refractivity contribution >= 4 is 11.6 Å². The highest BCUT2D eigenvalue weighted by atomic mass is 19.4. The molecule has 112 valence electrons. The maximum Gasteiger partial charge on any atom is 0.416 e. The van der Waals surface area contributed by atoms with Gasteiger partial charge in [-0.2, -0.15) is 18.4 Å². The van der Waals surface area contributed by atoms with Crippen molar-refractivity contribution in [2.45, 2.75) is 13.1 Å². The maximum atomic E-state index is 12.8. The molecule has 0 atom stereocenters. The van der Waals surface area contributed by atoms with Crippen LogP contribution in [0.4, 0.5) is 18.9 Å². The van der Waals surface area contributed by atoms with Crippen molar-refractivity contribution in [2.75, 3.05) is 5.32 Å². The number of nitrogens with one attached hydrogen (secondary N) is 1. The van der Waals surface area contributed by atoms with Gasteiger partial charge in [0.25, 0.3) is 5.91 Å². The molecule has 0 saturated heterocycles. The third-order valence-electron chi connectivity index (χ3n) is 3.01. The lowest BCUT2D eigenvalue weighted by atomic mass is 10.1. The summed E-state index contributed by atoms with van der Waals surface area (Å²) in [5.41, 5.74) is -0.524. The van der Waals surface area contributed by atoms with Crippen LogP contribution < -0.4 is 5.32 Å². The molecule has 1 amide bonds.